The van der Waals surface area contributed by atoms with Crippen LogP contribution >= 0.6 is 0 Å². The highest BCUT2D eigenvalue weighted by molar-refractivity contribution is 7.89. The molecule has 1 aliphatic rings. The number of hydrogen-bond donors (Lipinski definition) is 4. The summed E-state index contributed by atoms with van der Waals surface area (Å²) in [5, 5.41) is 15.4. The van der Waals surface area contributed by atoms with Crippen molar-refractivity contribution in [3.8, 4) is 5.75 Å². The zero-order chi connectivity index (χ0) is 44.2. The molecule has 2 rings (SSSR count). The molecular formula is C41H70N6O10S. The standard InChI is InChI=1S/C41H70N6O10S/c1-14-26(6)36(46(10)41(53)34(24(2)3)43-40(52)35(25(4)5)45(8)9)32(56-11)23-33(49)47-21-15-16-31(47)37(57-12)27(7)38(50)42-30(39(51)44-58(13,54)55)22-28-17-19-29(48)20-18-28/h17-20,24-27,30-32,34-37,48H,14-16,21-23H2,1-13H3,(H,42,50)(H,43,52)(H,44,51)/t26-,27+,30-,31-,32+,34-,35?,36-,37+/m0/s1. The van der Waals surface area contributed by atoms with Crippen LogP contribution in [0, 0.1) is 23.7 Å². The van der Waals surface area contributed by atoms with E-state index in [4.69, 9.17) is 9.47 Å². The van der Waals surface area contributed by atoms with E-state index in [1.807, 2.05) is 65.3 Å². The Morgan fingerprint density at radius 1 is 0.897 bits per heavy atom. The Bertz CT molecular complexity index is 1630. The van der Waals surface area contributed by atoms with E-state index >= 15 is 0 Å². The number of aromatic hydroxyl groups is 1. The lowest BCUT2D eigenvalue weighted by Gasteiger charge is -2.41. The molecule has 16 nitrogen and oxygen atoms in total. The zero-order valence-corrected chi connectivity index (χ0v) is 37.6. The molecule has 330 valence electrons. The largest absolute Gasteiger partial charge is 0.508 e. The Labute approximate surface area is 346 Å². The number of hydrogen-bond acceptors (Lipinski definition) is 11. The molecule has 1 unspecified atom stereocenters. The first kappa shape index (κ1) is 50.3. The van der Waals surface area contributed by atoms with Gasteiger partial charge in [0.25, 0.3) is 5.91 Å². The molecule has 9 atom stereocenters. The first-order valence-electron chi connectivity index (χ1n) is 20.2. The molecule has 0 radical (unpaired) electrons. The van der Waals surface area contributed by atoms with Crippen molar-refractivity contribution in [1.82, 2.24) is 30.1 Å². The Hall–Kier alpha value is -3.80. The fraction of sp³-hybridized carbons (Fsp3) is 0.732. The third-order valence-electron chi connectivity index (χ3n) is 11.2. The second-order valence-corrected chi connectivity index (χ2v) is 18.4. The Balaban J connectivity index is 2.33. The van der Waals surface area contributed by atoms with Crippen molar-refractivity contribution in [3.63, 3.8) is 0 Å². The number of nitrogens with zero attached hydrogens (tertiary/aromatic N) is 3. The number of carbonyl (C=O) groups is 5. The average Bonchev–Trinajstić information content (AvgIpc) is 3.62. The Morgan fingerprint density at radius 3 is 1.98 bits per heavy atom. The lowest BCUT2D eigenvalue weighted by atomic mass is 9.89. The van der Waals surface area contributed by atoms with E-state index < -0.39 is 70.2 Å². The van der Waals surface area contributed by atoms with Crippen molar-refractivity contribution in [2.45, 2.75) is 123 Å². The molecule has 0 aliphatic carbocycles. The first-order valence-corrected chi connectivity index (χ1v) is 22.1. The number of benzene rings is 1. The highest BCUT2D eigenvalue weighted by Gasteiger charge is 2.43. The molecule has 1 heterocycles. The van der Waals surface area contributed by atoms with E-state index in [2.05, 4.69) is 10.6 Å². The maximum Gasteiger partial charge on any atom is 0.256 e. The van der Waals surface area contributed by atoms with Crippen molar-refractivity contribution < 1.29 is 47.0 Å². The molecule has 1 fully saturated rings. The molecular weight excluding hydrogens is 769 g/mol. The number of likely N-dealkylation sites (tertiary alicyclic amines) is 1. The quantitative estimate of drug-likeness (QED) is 0.133. The van der Waals surface area contributed by atoms with Gasteiger partial charge in [0.15, 0.2) is 0 Å². The molecule has 4 N–H and O–H groups in total. The van der Waals surface area contributed by atoms with Gasteiger partial charge in [0.2, 0.25) is 33.7 Å². The summed E-state index contributed by atoms with van der Waals surface area (Å²) in [5.41, 5.74) is 0.569. The van der Waals surface area contributed by atoms with Crippen LogP contribution in [0.4, 0.5) is 0 Å². The van der Waals surface area contributed by atoms with E-state index in [9.17, 15) is 37.5 Å². The second kappa shape index (κ2) is 22.5. The molecule has 17 heteroatoms. The monoisotopic (exact) mass is 838 g/mol. The van der Waals surface area contributed by atoms with Crippen molar-refractivity contribution in [1.29, 1.82) is 0 Å². The molecule has 58 heavy (non-hydrogen) atoms. The predicted molar refractivity (Wildman–Crippen MR) is 222 cm³/mol. The van der Waals surface area contributed by atoms with Gasteiger partial charge in [-0.3, -0.25) is 33.6 Å². The second-order valence-electron chi connectivity index (χ2n) is 16.6. The van der Waals surface area contributed by atoms with Crippen molar-refractivity contribution in [2.24, 2.45) is 23.7 Å². The van der Waals surface area contributed by atoms with Crippen LogP contribution in [-0.2, 0) is 49.9 Å². The number of sulfonamides is 1. The predicted octanol–water partition coefficient (Wildman–Crippen LogP) is 2.14. The fourth-order valence-electron chi connectivity index (χ4n) is 8.05. The van der Waals surface area contributed by atoms with Gasteiger partial charge < -0.3 is 35.0 Å². The number of methoxy groups -OCH3 is 2. The summed E-state index contributed by atoms with van der Waals surface area (Å²) in [4.78, 5) is 74.0. The molecule has 0 saturated carbocycles. The van der Waals surface area contributed by atoms with Gasteiger partial charge in [0.05, 0.1) is 48.9 Å². The number of rotatable bonds is 22. The number of nitrogens with one attached hydrogen (secondary N) is 3. The fourth-order valence-corrected chi connectivity index (χ4v) is 8.55. The van der Waals surface area contributed by atoms with Gasteiger partial charge in [-0.2, -0.15) is 0 Å². The van der Waals surface area contributed by atoms with Crippen LogP contribution in [0.15, 0.2) is 24.3 Å². The molecule has 1 aliphatic heterocycles. The van der Waals surface area contributed by atoms with Crippen LogP contribution in [0.25, 0.3) is 0 Å². The summed E-state index contributed by atoms with van der Waals surface area (Å²) in [6.45, 7) is 13.7. The van der Waals surface area contributed by atoms with Crippen LogP contribution in [0.2, 0.25) is 0 Å². The smallest absolute Gasteiger partial charge is 0.256 e. The van der Waals surface area contributed by atoms with Gasteiger partial charge >= 0.3 is 0 Å². The Kier molecular flexibility index (Phi) is 19.6. The lowest BCUT2D eigenvalue weighted by molar-refractivity contribution is -0.148. The number of phenolic OH excluding ortho intramolecular Hbond substituents is 1. The van der Waals surface area contributed by atoms with Gasteiger partial charge in [-0.15, -0.1) is 0 Å². The van der Waals surface area contributed by atoms with Crippen molar-refractivity contribution in [2.75, 3.05) is 48.2 Å². The number of amides is 5. The normalized spacial score (nSPS) is 18.8. The number of phenols is 1. The molecule has 0 bridgehead atoms. The summed E-state index contributed by atoms with van der Waals surface area (Å²) in [6, 6.07) is 2.42. The van der Waals surface area contributed by atoms with Gasteiger partial charge in [0.1, 0.15) is 17.8 Å². The molecule has 1 aromatic carbocycles. The molecule has 0 aromatic heterocycles. The van der Waals surface area contributed by atoms with E-state index in [1.165, 1.54) is 26.4 Å². The Morgan fingerprint density at radius 2 is 1.50 bits per heavy atom. The minimum Gasteiger partial charge on any atom is -0.508 e. The summed E-state index contributed by atoms with van der Waals surface area (Å²) in [7, 11) is 4.37. The number of ether oxygens (including phenoxy) is 2. The van der Waals surface area contributed by atoms with Crippen LogP contribution in [0.3, 0.4) is 0 Å². The third-order valence-corrected chi connectivity index (χ3v) is 11.8. The van der Waals surface area contributed by atoms with Crippen LogP contribution < -0.4 is 15.4 Å². The molecule has 1 saturated heterocycles. The van der Waals surface area contributed by atoms with E-state index in [0.717, 1.165) is 6.26 Å². The van der Waals surface area contributed by atoms with Crippen molar-refractivity contribution >= 4 is 39.6 Å². The maximum absolute atomic E-state index is 14.3. The molecule has 1 aromatic rings. The summed E-state index contributed by atoms with van der Waals surface area (Å²) in [6.07, 6.45) is 1.10. The van der Waals surface area contributed by atoms with Crippen LogP contribution in [0.5, 0.6) is 5.75 Å². The van der Waals surface area contributed by atoms with E-state index in [-0.39, 0.29) is 54.1 Å². The minimum atomic E-state index is -3.94. The number of likely N-dealkylation sites (N-methyl/N-ethyl adjacent to an activating group) is 2. The average molecular weight is 839 g/mol. The van der Waals surface area contributed by atoms with Crippen LogP contribution in [0.1, 0.15) is 79.7 Å². The van der Waals surface area contributed by atoms with Crippen LogP contribution in [-0.4, -0.2) is 148 Å². The van der Waals surface area contributed by atoms with E-state index in [1.54, 1.807) is 35.9 Å². The van der Waals surface area contributed by atoms with Gasteiger partial charge in [0, 0.05) is 34.2 Å². The molecule has 0 spiro atoms. The summed E-state index contributed by atoms with van der Waals surface area (Å²) < 4.78 is 37.7. The highest BCUT2D eigenvalue weighted by atomic mass is 32.2. The zero-order valence-electron chi connectivity index (χ0n) is 36.8. The molecule has 5 amide bonds. The topological polar surface area (TPSA) is 204 Å². The van der Waals surface area contributed by atoms with E-state index in [0.29, 0.717) is 31.4 Å². The minimum absolute atomic E-state index is 0.00518. The summed E-state index contributed by atoms with van der Waals surface area (Å²) in [5.74, 6) is -3.43. The van der Waals surface area contributed by atoms with Gasteiger partial charge in [-0.25, -0.2) is 8.42 Å². The van der Waals surface area contributed by atoms with Gasteiger partial charge in [-0.1, -0.05) is 67.0 Å². The lowest BCUT2D eigenvalue weighted by Crippen LogP contribution is -2.59. The maximum atomic E-state index is 14.3. The third kappa shape index (κ3) is 13.9. The highest BCUT2D eigenvalue weighted by Crippen LogP contribution is 2.30. The van der Waals surface area contributed by atoms with Gasteiger partial charge in [-0.05, 0) is 62.4 Å². The van der Waals surface area contributed by atoms with Crippen molar-refractivity contribution in [3.05, 3.63) is 29.8 Å². The number of carbonyl (C=O) groups excluding carboxylic acids is 5. The SMILES string of the molecule is CC[C@H](C)[C@@H]([C@@H](CC(=O)N1CCC[C@H]1[C@H](OC)[C@@H](C)C(=O)N[C@@H](Cc1ccc(O)cc1)C(=O)NS(C)(=O)=O)OC)N(C)C(=O)[C@@H](NC(=O)C(C(C)C)N(C)C)C(C)C. The summed E-state index contributed by atoms with van der Waals surface area (Å²) >= 11 is 0. The first-order chi connectivity index (χ1) is 27.0.